The van der Waals surface area contributed by atoms with Gasteiger partial charge in [0.05, 0.1) is 6.04 Å². The Balaban J connectivity index is 1.68. The number of alkyl halides is 2. The number of nitrogens with one attached hydrogen (secondary N) is 1. The van der Waals surface area contributed by atoms with Crippen molar-refractivity contribution in [3.63, 3.8) is 0 Å². The molecule has 3 rings (SSSR count). The Morgan fingerprint density at radius 1 is 1.14 bits per heavy atom. The molecule has 5 nitrogen and oxygen atoms in total. The van der Waals surface area contributed by atoms with Crippen LogP contribution in [0.1, 0.15) is 36.9 Å². The number of hydrogen-bond donors (Lipinski definition) is 1. The maximum absolute atomic E-state index is 14.0. The van der Waals surface area contributed by atoms with Gasteiger partial charge in [-0.3, -0.25) is 9.69 Å². The van der Waals surface area contributed by atoms with E-state index < -0.39 is 36.8 Å². The van der Waals surface area contributed by atoms with Crippen LogP contribution in [0.2, 0.25) is 0 Å². The van der Waals surface area contributed by atoms with Crippen LogP contribution in [0.25, 0.3) is 0 Å². The van der Waals surface area contributed by atoms with E-state index in [-0.39, 0.29) is 19.2 Å². The van der Waals surface area contributed by atoms with E-state index in [0.29, 0.717) is 0 Å². The molecule has 0 saturated carbocycles. The second kappa shape index (κ2) is 9.03. The lowest BCUT2D eigenvalue weighted by atomic mass is 9.97. The highest BCUT2D eigenvalue weighted by atomic mass is 19.3. The molecule has 154 valence electrons. The number of nitrogens with zero attached hydrogens (tertiary/aromatic N) is 1. The minimum Gasteiger partial charge on any atom is -0.445 e. The zero-order valence-corrected chi connectivity index (χ0v) is 16.2. The minimum atomic E-state index is -3.01. The van der Waals surface area contributed by atoms with Gasteiger partial charge < -0.3 is 10.1 Å². The highest BCUT2D eigenvalue weighted by molar-refractivity contribution is 5.86. The fourth-order valence-electron chi connectivity index (χ4n) is 3.32. The number of rotatable bonds is 5. The summed E-state index contributed by atoms with van der Waals surface area (Å²) < 4.78 is 33.3. The summed E-state index contributed by atoms with van der Waals surface area (Å²) in [7, 11) is 0. The summed E-state index contributed by atoms with van der Waals surface area (Å²) in [6.45, 7) is 1.55. The number of carbonyl (C=O) groups excluding carboxylic acids is 2. The first kappa shape index (κ1) is 20.8. The summed E-state index contributed by atoms with van der Waals surface area (Å²) in [5, 5.41) is 2.74. The molecule has 2 amide bonds. The number of halogens is 2. The first-order valence-corrected chi connectivity index (χ1v) is 9.56. The Morgan fingerprint density at radius 3 is 2.41 bits per heavy atom. The molecule has 1 unspecified atom stereocenters. The van der Waals surface area contributed by atoms with Gasteiger partial charge in [0.15, 0.2) is 0 Å². The summed E-state index contributed by atoms with van der Waals surface area (Å²) in [6, 6.07) is 16.6. The molecule has 0 aromatic heterocycles. The van der Waals surface area contributed by atoms with Crippen molar-refractivity contribution in [2.24, 2.45) is 0 Å². The number of amides is 2. The van der Waals surface area contributed by atoms with E-state index in [1.807, 2.05) is 48.5 Å². The highest BCUT2D eigenvalue weighted by Crippen LogP contribution is 2.32. The molecule has 1 aliphatic rings. The SMILES string of the molecule is CC(NC(=O)[C@H]1CC(F)(F)CCN1C(=O)OCc1ccccc1)c1ccccc1. The topological polar surface area (TPSA) is 58.6 Å². The lowest BCUT2D eigenvalue weighted by Crippen LogP contribution is -2.56. The van der Waals surface area contributed by atoms with Gasteiger partial charge in [-0.1, -0.05) is 60.7 Å². The van der Waals surface area contributed by atoms with E-state index in [2.05, 4.69) is 5.32 Å². The Kier molecular flexibility index (Phi) is 6.46. The van der Waals surface area contributed by atoms with Crippen molar-refractivity contribution >= 4 is 12.0 Å². The zero-order valence-electron chi connectivity index (χ0n) is 16.2. The molecular weight excluding hydrogens is 378 g/mol. The van der Waals surface area contributed by atoms with Crippen LogP contribution >= 0.6 is 0 Å². The van der Waals surface area contributed by atoms with Crippen molar-refractivity contribution in [1.29, 1.82) is 0 Å². The van der Waals surface area contributed by atoms with E-state index in [9.17, 15) is 18.4 Å². The van der Waals surface area contributed by atoms with Gasteiger partial charge >= 0.3 is 6.09 Å². The van der Waals surface area contributed by atoms with E-state index >= 15 is 0 Å². The van der Waals surface area contributed by atoms with Gasteiger partial charge in [-0.2, -0.15) is 0 Å². The fourth-order valence-corrected chi connectivity index (χ4v) is 3.32. The number of benzene rings is 2. The summed E-state index contributed by atoms with van der Waals surface area (Å²) in [4.78, 5) is 26.4. The first-order chi connectivity index (χ1) is 13.9. The van der Waals surface area contributed by atoms with Crippen molar-refractivity contribution in [3.05, 3.63) is 71.8 Å². The molecule has 1 saturated heterocycles. The minimum absolute atomic E-state index is 0.0152. The van der Waals surface area contributed by atoms with Crippen molar-refractivity contribution < 1.29 is 23.1 Å². The molecule has 2 atom stereocenters. The smallest absolute Gasteiger partial charge is 0.410 e. The van der Waals surface area contributed by atoms with Gasteiger partial charge in [0.1, 0.15) is 12.6 Å². The Bertz CT molecular complexity index is 830. The van der Waals surface area contributed by atoms with Crippen LogP contribution in [0.4, 0.5) is 13.6 Å². The molecule has 0 aliphatic carbocycles. The normalized spacial score (nSPS) is 19.3. The lowest BCUT2D eigenvalue weighted by molar-refractivity contribution is -0.136. The quantitative estimate of drug-likeness (QED) is 0.811. The summed E-state index contributed by atoms with van der Waals surface area (Å²) in [5.41, 5.74) is 1.63. The second-order valence-electron chi connectivity index (χ2n) is 7.20. The molecule has 0 radical (unpaired) electrons. The molecule has 1 heterocycles. The monoisotopic (exact) mass is 402 g/mol. The van der Waals surface area contributed by atoms with Crippen molar-refractivity contribution in [1.82, 2.24) is 10.2 Å². The van der Waals surface area contributed by atoms with Gasteiger partial charge in [-0.15, -0.1) is 0 Å². The standard InChI is InChI=1S/C22H24F2N2O3/c1-16(18-10-6-3-7-11-18)25-20(27)19-14-22(23,24)12-13-26(19)21(28)29-15-17-8-4-2-5-9-17/h2-11,16,19H,12-15H2,1H3,(H,25,27)/t16?,19-/m1/s1. The average Bonchev–Trinajstić information content (AvgIpc) is 2.72. The summed E-state index contributed by atoms with van der Waals surface area (Å²) >= 11 is 0. The average molecular weight is 402 g/mol. The number of hydrogen-bond acceptors (Lipinski definition) is 3. The summed E-state index contributed by atoms with van der Waals surface area (Å²) in [5.74, 6) is -3.62. The molecule has 7 heteroatoms. The van der Waals surface area contributed by atoms with Crippen LogP contribution in [0.5, 0.6) is 0 Å². The Morgan fingerprint density at radius 2 is 1.76 bits per heavy atom. The van der Waals surface area contributed by atoms with Crippen LogP contribution in [-0.4, -0.2) is 35.4 Å². The van der Waals surface area contributed by atoms with Crippen LogP contribution < -0.4 is 5.32 Å². The summed E-state index contributed by atoms with van der Waals surface area (Å²) in [6.07, 6.45) is -1.98. The van der Waals surface area contributed by atoms with Crippen molar-refractivity contribution in [2.75, 3.05) is 6.54 Å². The number of carbonyl (C=O) groups is 2. The van der Waals surface area contributed by atoms with E-state index in [1.165, 1.54) is 0 Å². The highest BCUT2D eigenvalue weighted by Gasteiger charge is 2.46. The van der Waals surface area contributed by atoms with Crippen molar-refractivity contribution in [3.8, 4) is 0 Å². The van der Waals surface area contributed by atoms with Gasteiger partial charge in [-0.25, -0.2) is 13.6 Å². The predicted octanol–water partition coefficient (Wildman–Crippen LogP) is 4.30. The molecule has 29 heavy (non-hydrogen) atoms. The van der Waals surface area contributed by atoms with E-state index in [1.54, 1.807) is 19.1 Å². The zero-order chi connectivity index (χ0) is 20.9. The molecule has 2 aromatic rings. The van der Waals surface area contributed by atoms with Crippen LogP contribution in [0.3, 0.4) is 0 Å². The maximum atomic E-state index is 14.0. The molecule has 1 N–H and O–H groups in total. The Labute approximate surface area is 168 Å². The van der Waals surface area contributed by atoms with Gasteiger partial charge in [0.2, 0.25) is 5.91 Å². The number of piperidine rings is 1. The van der Waals surface area contributed by atoms with Crippen LogP contribution in [0.15, 0.2) is 60.7 Å². The van der Waals surface area contributed by atoms with Gasteiger partial charge in [0.25, 0.3) is 5.92 Å². The third-order valence-corrected chi connectivity index (χ3v) is 4.99. The number of likely N-dealkylation sites (tertiary alicyclic amines) is 1. The lowest BCUT2D eigenvalue weighted by Gasteiger charge is -2.38. The first-order valence-electron chi connectivity index (χ1n) is 9.56. The maximum Gasteiger partial charge on any atom is 0.410 e. The van der Waals surface area contributed by atoms with Crippen LogP contribution in [0, 0.1) is 0 Å². The molecule has 2 aromatic carbocycles. The third kappa shape index (κ3) is 5.53. The molecule has 1 fully saturated rings. The predicted molar refractivity (Wildman–Crippen MR) is 104 cm³/mol. The van der Waals surface area contributed by atoms with E-state index in [4.69, 9.17) is 4.74 Å². The largest absolute Gasteiger partial charge is 0.445 e. The Hall–Kier alpha value is -2.96. The number of ether oxygens (including phenoxy) is 1. The van der Waals surface area contributed by atoms with E-state index in [0.717, 1.165) is 16.0 Å². The molecular formula is C22H24F2N2O3. The molecule has 1 aliphatic heterocycles. The third-order valence-electron chi connectivity index (χ3n) is 4.99. The van der Waals surface area contributed by atoms with Crippen molar-refractivity contribution in [2.45, 2.75) is 44.4 Å². The van der Waals surface area contributed by atoms with Gasteiger partial charge in [0, 0.05) is 19.4 Å². The van der Waals surface area contributed by atoms with Crippen LogP contribution in [-0.2, 0) is 16.1 Å². The second-order valence-corrected chi connectivity index (χ2v) is 7.20. The fraction of sp³-hybridized carbons (Fsp3) is 0.364. The molecule has 0 bridgehead atoms. The van der Waals surface area contributed by atoms with Gasteiger partial charge in [-0.05, 0) is 18.1 Å². The molecule has 0 spiro atoms.